The van der Waals surface area contributed by atoms with Crippen LogP contribution in [0, 0.1) is 0 Å². The number of carboxylic acid groups (broad SMARTS) is 1. The van der Waals surface area contributed by atoms with E-state index in [-0.39, 0.29) is 6.03 Å². The highest BCUT2D eigenvalue weighted by atomic mass is 16.4. The molecule has 2 unspecified atom stereocenters. The Kier molecular flexibility index (Phi) is 5.85. The molecule has 2 saturated heterocycles. The molecule has 0 spiro atoms. The first-order valence-corrected chi connectivity index (χ1v) is 8.14. The van der Waals surface area contributed by atoms with Gasteiger partial charge >= 0.3 is 12.0 Å². The number of piperidine rings is 1. The molecule has 0 saturated carbocycles. The number of likely N-dealkylation sites (tertiary alicyclic amines) is 2. The number of hydrogen-bond donors (Lipinski definition) is 2. The van der Waals surface area contributed by atoms with E-state index in [1.807, 2.05) is 6.92 Å². The lowest BCUT2D eigenvalue weighted by atomic mass is 10.1. The number of amides is 2. The van der Waals surface area contributed by atoms with Crippen LogP contribution in [0.5, 0.6) is 0 Å². The Hall–Kier alpha value is -1.30. The van der Waals surface area contributed by atoms with Crippen LogP contribution in [0.4, 0.5) is 4.79 Å². The van der Waals surface area contributed by atoms with Crippen molar-refractivity contribution in [2.24, 2.45) is 0 Å². The third-order valence-electron chi connectivity index (χ3n) is 4.53. The zero-order valence-corrected chi connectivity index (χ0v) is 12.9. The van der Waals surface area contributed by atoms with Gasteiger partial charge < -0.3 is 15.3 Å². The fraction of sp³-hybridized carbons (Fsp3) is 0.867. The third-order valence-corrected chi connectivity index (χ3v) is 4.53. The number of carbonyl (C=O) groups excluding carboxylic acids is 1. The zero-order valence-electron chi connectivity index (χ0n) is 12.9. The summed E-state index contributed by atoms with van der Waals surface area (Å²) in [5.74, 6) is -0.947. The second kappa shape index (κ2) is 7.64. The van der Waals surface area contributed by atoms with E-state index in [2.05, 4.69) is 10.2 Å². The van der Waals surface area contributed by atoms with Crippen LogP contribution in [0.3, 0.4) is 0 Å². The molecule has 21 heavy (non-hydrogen) atoms. The summed E-state index contributed by atoms with van der Waals surface area (Å²) in [6.07, 6.45) is 6.03. The van der Waals surface area contributed by atoms with E-state index in [0.29, 0.717) is 12.5 Å². The maximum absolute atomic E-state index is 12.2. The van der Waals surface area contributed by atoms with Crippen molar-refractivity contribution >= 4 is 12.0 Å². The van der Waals surface area contributed by atoms with Crippen LogP contribution in [-0.2, 0) is 4.79 Å². The van der Waals surface area contributed by atoms with Crippen LogP contribution in [0.25, 0.3) is 0 Å². The summed E-state index contributed by atoms with van der Waals surface area (Å²) < 4.78 is 0. The molecule has 2 aliphatic rings. The number of carboxylic acids is 1. The molecule has 0 aromatic carbocycles. The number of urea groups is 1. The molecule has 2 atom stereocenters. The Morgan fingerprint density at radius 2 is 1.95 bits per heavy atom. The molecule has 6 nitrogen and oxygen atoms in total. The van der Waals surface area contributed by atoms with E-state index >= 15 is 0 Å². The maximum Gasteiger partial charge on any atom is 0.326 e. The number of carbonyl (C=O) groups is 2. The van der Waals surface area contributed by atoms with Gasteiger partial charge in [-0.15, -0.1) is 0 Å². The van der Waals surface area contributed by atoms with Gasteiger partial charge in [0.05, 0.1) is 0 Å². The number of aliphatic carboxylic acids is 1. The van der Waals surface area contributed by atoms with Gasteiger partial charge in [0, 0.05) is 19.1 Å². The van der Waals surface area contributed by atoms with E-state index in [1.54, 1.807) is 4.90 Å². The first-order chi connectivity index (χ1) is 10.1. The molecule has 2 fully saturated rings. The molecule has 0 aliphatic carbocycles. The molecule has 120 valence electrons. The van der Waals surface area contributed by atoms with Crippen molar-refractivity contribution in [3.05, 3.63) is 0 Å². The van der Waals surface area contributed by atoms with Gasteiger partial charge in [0.25, 0.3) is 0 Å². The lowest BCUT2D eigenvalue weighted by molar-refractivity contribution is -0.139. The fourth-order valence-electron chi connectivity index (χ4n) is 3.29. The second-order valence-corrected chi connectivity index (χ2v) is 6.11. The van der Waals surface area contributed by atoms with Crippen molar-refractivity contribution in [1.29, 1.82) is 0 Å². The van der Waals surface area contributed by atoms with Gasteiger partial charge in [-0.05, 0) is 38.8 Å². The van der Waals surface area contributed by atoms with Gasteiger partial charge in [-0.3, -0.25) is 4.90 Å². The Labute approximate surface area is 126 Å². The van der Waals surface area contributed by atoms with Gasteiger partial charge in [-0.1, -0.05) is 19.8 Å². The summed E-state index contributed by atoms with van der Waals surface area (Å²) in [7, 11) is 0. The molecular weight excluding hydrogens is 270 g/mol. The van der Waals surface area contributed by atoms with Crippen LogP contribution < -0.4 is 5.32 Å². The average Bonchev–Trinajstić information content (AvgIpc) is 2.97. The lowest BCUT2D eigenvalue weighted by Crippen LogP contribution is -2.48. The monoisotopic (exact) mass is 297 g/mol. The van der Waals surface area contributed by atoms with Crippen molar-refractivity contribution in [3.8, 4) is 0 Å². The van der Waals surface area contributed by atoms with E-state index in [9.17, 15) is 9.59 Å². The minimum atomic E-state index is -0.947. The minimum Gasteiger partial charge on any atom is -0.480 e. The minimum absolute atomic E-state index is 0.227. The number of rotatable bonds is 5. The van der Waals surface area contributed by atoms with Crippen LogP contribution in [0.1, 0.15) is 45.4 Å². The molecule has 2 N–H and O–H groups in total. The Morgan fingerprint density at radius 3 is 2.57 bits per heavy atom. The van der Waals surface area contributed by atoms with Crippen LogP contribution in [0.2, 0.25) is 0 Å². The van der Waals surface area contributed by atoms with Crippen molar-refractivity contribution in [2.75, 3.05) is 26.2 Å². The molecule has 0 aromatic heterocycles. The molecule has 0 bridgehead atoms. The molecule has 6 heteroatoms. The van der Waals surface area contributed by atoms with Gasteiger partial charge in [0.2, 0.25) is 0 Å². The van der Waals surface area contributed by atoms with Crippen LogP contribution in [0.15, 0.2) is 0 Å². The standard InChI is InChI=1S/C15H27N3O3/c1-2-6-13(14(19)20)16-15(21)18-10-7-12(11-18)17-8-4-3-5-9-17/h12-13H,2-11H2,1H3,(H,16,21)(H,19,20). The summed E-state index contributed by atoms with van der Waals surface area (Å²) >= 11 is 0. The normalized spacial score (nSPS) is 24.8. The zero-order chi connectivity index (χ0) is 15.2. The number of hydrogen-bond acceptors (Lipinski definition) is 3. The van der Waals surface area contributed by atoms with Crippen molar-refractivity contribution in [2.45, 2.75) is 57.5 Å². The van der Waals surface area contributed by atoms with Crippen LogP contribution in [-0.4, -0.2) is 65.2 Å². The van der Waals surface area contributed by atoms with Crippen molar-refractivity contribution in [3.63, 3.8) is 0 Å². The SMILES string of the molecule is CCCC(NC(=O)N1CCC(N2CCCCC2)C1)C(=O)O. The molecule has 2 aliphatic heterocycles. The van der Waals surface area contributed by atoms with E-state index in [0.717, 1.165) is 39.0 Å². The highest BCUT2D eigenvalue weighted by Crippen LogP contribution is 2.20. The number of nitrogens with one attached hydrogen (secondary N) is 1. The summed E-state index contributed by atoms with van der Waals surface area (Å²) in [4.78, 5) is 27.6. The first-order valence-electron chi connectivity index (χ1n) is 8.14. The first kappa shape index (κ1) is 16.1. The Balaban J connectivity index is 1.82. The Bertz CT molecular complexity index is 369. The lowest BCUT2D eigenvalue weighted by Gasteiger charge is -2.32. The number of nitrogens with zero attached hydrogens (tertiary/aromatic N) is 2. The quantitative estimate of drug-likeness (QED) is 0.807. The summed E-state index contributed by atoms with van der Waals surface area (Å²) in [6.45, 7) is 5.64. The average molecular weight is 297 g/mol. The van der Waals surface area contributed by atoms with Gasteiger partial charge in [0.1, 0.15) is 6.04 Å². The topological polar surface area (TPSA) is 72.9 Å². The predicted molar refractivity (Wildman–Crippen MR) is 80.3 cm³/mol. The van der Waals surface area contributed by atoms with E-state index < -0.39 is 12.0 Å². The molecular formula is C15H27N3O3. The third kappa shape index (κ3) is 4.33. The maximum atomic E-state index is 12.2. The summed E-state index contributed by atoms with van der Waals surface area (Å²) in [5.41, 5.74) is 0. The van der Waals surface area contributed by atoms with Gasteiger partial charge in [-0.25, -0.2) is 9.59 Å². The Morgan fingerprint density at radius 1 is 1.24 bits per heavy atom. The predicted octanol–water partition coefficient (Wildman–Crippen LogP) is 1.51. The van der Waals surface area contributed by atoms with Gasteiger partial charge in [0.15, 0.2) is 0 Å². The molecule has 2 heterocycles. The van der Waals surface area contributed by atoms with Crippen LogP contribution >= 0.6 is 0 Å². The van der Waals surface area contributed by atoms with Crippen molar-refractivity contribution < 1.29 is 14.7 Å². The highest BCUT2D eigenvalue weighted by Gasteiger charge is 2.32. The van der Waals surface area contributed by atoms with E-state index in [4.69, 9.17) is 5.11 Å². The molecule has 0 aromatic rings. The molecule has 2 amide bonds. The molecule has 2 rings (SSSR count). The highest BCUT2D eigenvalue weighted by molar-refractivity contribution is 5.82. The fourth-order valence-corrected chi connectivity index (χ4v) is 3.29. The largest absolute Gasteiger partial charge is 0.480 e. The summed E-state index contributed by atoms with van der Waals surface area (Å²) in [6, 6.07) is -0.544. The van der Waals surface area contributed by atoms with E-state index in [1.165, 1.54) is 19.3 Å². The molecule has 0 radical (unpaired) electrons. The second-order valence-electron chi connectivity index (χ2n) is 6.11. The summed E-state index contributed by atoms with van der Waals surface area (Å²) in [5, 5.41) is 11.8. The smallest absolute Gasteiger partial charge is 0.326 e. The van der Waals surface area contributed by atoms with Gasteiger partial charge in [-0.2, -0.15) is 0 Å². The van der Waals surface area contributed by atoms with Crippen molar-refractivity contribution in [1.82, 2.24) is 15.1 Å².